The zero-order valence-corrected chi connectivity index (χ0v) is 13.3. The largest absolute Gasteiger partial charge is 0.491 e. The summed E-state index contributed by atoms with van der Waals surface area (Å²) in [6.07, 6.45) is 6.71. The number of aromatic nitrogens is 2. The summed E-state index contributed by atoms with van der Waals surface area (Å²) in [4.78, 5) is 22.7. The molecule has 0 aromatic carbocycles. The van der Waals surface area contributed by atoms with E-state index in [1.807, 2.05) is 17.0 Å². The van der Waals surface area contributed by atoms with Crippen LogP contribution in [0.2, 0.25) is 0 Å². The number of rotatable bonds is 4. The Morgan fingerprint density at radius 1 is 1.29 bits per heavy atom. The first-order valence-electron chi connectivity index (χ1n) is 8.07. The molecule has 2 atom stereocenters. The van der Waals surface area contributed by atoms with Crippen LogP contribution in [0.25, 0.3) is 0 Å². The number of ether oxygens (including phenoxy) is 2. The van der Waals surface area contributed by atoms with Gasteiger partial charge in [-0.2, -0.15) is 0 Å². The molecule has 0 aliphatic carbocycles. The Balaban J connectivity index is 1.48. The van der Waals surface area contributed by atoms with Crippen LogP contribution in [0.5, 0.6) is 5.75 Å². The van der Waals surface area contributed by atoms with Crippen molar-refractivity contribution in [1.29, 1.82) is 0 Å². The zero-order valence-electron chi connectivity index (χ0n) is 13.3. The van der Waals surface area contributed by atoms with E-state index in [4.69, 9.17) is 9.47 Å². The van der Waals surface area contributed by atoms with E-state index in [-0.39, 0.29) is 11.3 Å². The Bertz CT molecular complexity index is 710. The average Bonchev–Trinajstić information content (AvgIpc) is 3.18. The molecule has 4 heterocycles. The average molecular weight is 325 g/mol. The number of hydrogen-bond donors (Lipinski definition) is 0. The van der Waals surface area contributed by atoms with Crippen LogP contribution < -0.4 is 4.74 Å². The number of hydrogen-bond acceptors (Lipinski definition) is 5. The topological polar surface area (TPSA) is 64.6 Å². The van der Waals surface area contributed by atoms with E-state index >= 15 is 0 Å². The van der Waals surface area contributed by atoms with E-state index in [9.17, 15) is 4.79 Å². The second kappa shape index (κ2) is 6.20. The second-order valence-corrected chi connectivity index (χ2v) is 6.48. The fraction of sp³-hybridized carbons (Fsp3) is 0.389. The second-order valence-electron chi connectivity index (χ2n) is 6.48. The minimum atomic E-state index is -0.145. The molecule has 4 rings (SSSR count). The van der Waals surface area contributed by atoms with Crippen molar-refractivity contribution in [3.05, 3.63) is 54.6 Å². The van der Waals surface area contributed by atoms with Crippen LogP contribution in [-0.4, -0.2) is 53.7 Å². The normalized spacial score (nSPS) is 25.5. The maximum absolute atomic E-state index is 12.7. The first-order valence-corrected chi connectivity index (χ1v) is 8.07. The van der Waals surface area contributed by atoms with E-state index in [2.05, 4.69) is 9.97 Å². The Kier molecular flexibility index (Phi) is 3.90. The van der Waals surface area contributed by atoms with E-state index in [1.54, 1.807) is 36.9 Å². The molecule has 0 saturated carbocycles. The summed E-state index contributed by atoms with van der Waals surface area (Å²) in [5.41, 5.74) is 0.481. The van der Waals surface area contributed by atoms with Crippen molar-refractivity contribution in [3.8, 4) is 5.75 Å². The SMILES string of the molecule is O=C(c1cccnc1)N1C[C@@H]2COC[C@]2(COc2cccnc2)C1. The van der Waals surface area contributed by atoms with E-state index in [0.717, 1.165) is 5.75 Å². The molecule has 2 saturated heterocycles. The third kappa shape index (κ3) is 2.73. The van der Waals surface area contributed by atoms with Crippen LogP contribution in [0.3, 0.4) is 0 Å². The van der Waals surface area contributed by atoms with Crippen molar-refractivity contribution in [1.82, 2.24) is 14.9 Å². The van der Waals surface area contributed by atoms with Gasteiger partial charge in [0, 0.05) is 37.6 Å². The predicted octanol–water partition coefficient (Wildman–Crippen LogP) is 1.64. The van der Waals surface area contributed by atoms with Crippen molar-refractivity contribution >= 4 is 5.91 Å². The minimum absolute atomic E-state index is 0.0262. The summed E-state index contributed by atoms with van der Waals surface area (Å²) < 4.78 is 11.6. The molecule has 2 aliphatic heterocycles. The van der Waals surface area contributed by atoms with Gasteiger partial charge in [0.05, 0.1) is 37.0 Å². The highest BCUT2D eigenvalue weighted by Gasteiger charge is 2.52. The van der Waals surface area contributed by atoms with Gasteiger partial charge >= 0.3 is 0 Å². The quantitative estimate of drug-likeness (QED) is 0.855. The molecule has 0 radical (unpaired) electrons. The highest BCUT2D eigenvalue weighted by molar-refractivity contribution is 5.94. The molecule has 1 amide bonds. The van der Waals surface area contributed by atoms with Gasteiger partial charge in [0.15, 0.2) is 0 Å². The third-order valence-electron chi connectivity index (χ3n) is 4.88. The summed E-state index contributed by atoms with van der Waals surface area (Å²) in [5, 5.41) is 0. The van der Waals surface area contributed by atoms with Crippen LogP contribution in [0.15, 0.2) is 49.1 Å². The highest BCUT2D eigenvalue weighted by Crippen LogP contribution is 2.42. The number of nitrogens with zero attached hydrogens (tertiary/aromatic N) is 3. The lowest BCUT2D eigenvalue weighted by Crippen LogP contribution is -2.38. The summed E-state index contributed by atoms with van der Waals surface area (Å²) >= 11 is 0. The summed E-state index contributed by atoms with van der Waals surface area (Å²) in [6.45, 7) is 3.16. The number of carbonyl (C=O) groups is 1. The molecular weight excluding hydrogens is 306 g/mol. The van der Waals surface area contributed by atoms with Gasteiger partial charge in [-0.3, -0.25) is 14.8 Å². The highest BCUT2D eigenvalue weighted by atomic mass is 16.5. The smallest absolute Gasteiger partial charge is 0.255 e. The standard InChI is InChI=1S/C18H19N3O3/c22-17(14-3-1-5-19-7-14)21-9-15-10-23-12-18(15,11-21)13-24-16-4-2-6-20-8-16/h1-8,15H,9-13H2/t15-,18+/m1/s1. The Morgan fingerprint density at radius 3 is 2.88 bits per heavy atom. The number of carbonyl (C=O) groups excluding carboxylic acids is 1. The van der Waals surface area contributed by atoms with E-state index in [1.165, 1.54) is 0 Å². The first-order chi connectivity index (χ1) is 11.8. The summed E-state index contributed by atoms with van der Waals surface area (Å²) in [6, 6.07) is 7.33. The van der Waals surface area contributed by atoms with Crippen molar-refractivity contribution < 1.29 is 14.3 Å². The molecule has 6 heteroatoms. The molecule has 124 valence electrons. The van der Waals surface area contributed by atoms with Crippen molar-refractivity contribution in [2.75, 3.05) is 32.9 Å². The monoisotopic (exact) mass is 325 g/mol. The zero-order chi connectivity index (χ0) is 16.4. The van der Waals surface area contributed by atoms with Gasteiger partial charge in [-0.1, -0.05) is 0 Å². The van der Waals surface area contributed by atoms with Crippen molar-refractivity contribution in [2.24, 2.45) is 11.3 Å². The molecule has 24 heavy (non-hydrogen) atoms. The molecule has 6 nitrogen and oxygen atoms in total. The van der Waals surface area contributed by atoms with Crippen molar-refractivity contribution in [3.63, 3.8) is 0 Å². The fourth-order valence-corrected chi connectivity index (χ4v) is 3.52. The molecule has 0 spiro atoms. The maximum atomic E-state index is 12.7. The van der Waals surface area contributed by atoms with Gasteiger partial charge in [0.1, 0.15) is 5.75 Å². The lowest BCUT2D eigenvalue weighted by molar-refractivity contribution is 0.0659. The fourth-order valence-electron chi connectivity index (χ4n) is 3.52. The van der Waals surface area contributed by atoms with Crippen LogP contribution in [0.4, 0.5) is 0 Å². The molecule has 0 bridgehead atoms. The lowest BCUT2D eigenvalue weighted by atomic mass is 9.82. The molecule has 2 aromatic heterocycles. The van der Waals surface area contributed by atoms with Gasteiger partial charge < -0.3 is 14.4 Å². The molecule has 0 N–H and O–H groups in total. The predicted molar refractivity (Wildman–Crippen MR) is 86.6 cm³/mol. The number of amides is 1. The number of pyridine rings is 2. The Labute approximate surface area is 140 Å². The summed E-state index contributed by atoms with van der Waals surface area (Å²) in [7, 11) is 0. The lowest BCUT2D eigenvalue weighted by Gasteiger charge is -2.27. The van der Waals surface area contributed by atoms with Crippen LogP contribution >= 0.6 is 0 Å². The van der Waals surface area contributed by atoms with Crippen molar-refractivity contribution in [2.45, 2.75) is 0 Å². The maximum Gasteiger partial charge on any atom is 0.255 e. The van der Waals surface area contributed by atoms with Gasteiger partial charge in [-0.25, -0.2) is 0 Å². The number of likely N-dealkylation sites (tertiary alicyclic amines) is 1. The van der Waals surface area contributed by atoms with E-state index in [0.29, 0.717) is 44.4 Å². The third-order valence-corrected chi connectivity index (χ3v) is 4.88. The Morgan fingerprint density at radius 2 is 2.12 bits per heavy atom. The van der Waals surface area contributed by atoms with Gasteiger partial charge in [0.25, 0.3) is 5.91 Å². The van der Waals surface area contributed by atoms with Gasteiger partial charge in [0.2, 0.25) is 0 Å². The summed E-state index contributed by atoms with van der Waals surface area (Å²) in [5.74, 6) is 1.07. The molecule has 0 unspecified atom stereocenters. The molecule has 2 aromatic rings. The molecular formula is C18H19N3O3. The van der Waals surface area contributed by atoms with Gasteiger partial charge in [-0.05, 0) is 24.3 Å². The molecule has 2 aliphatic rings. The Hall–Kier alpha value is -2.47. The van der Waals surface area contributed by atoms with Crippen LogP contribution in [-0.2, 0) is 4.74 Å². The number of fused-ring (bicyclic) bond motifs is 1. The van der Waals surface area contributed by atoms with Crippen LogP contribution in [0, 0.1) is 11.3 Å². The van der Waals surface area contributed by atoms with Crippen LogP contribution in [0.1, 0.15) is 10.4 Å². The first kappa shape index (κ1) is 15.1. The van der Waals surface area contributed by atoms with E-state index < -0.39 is 0 Å². The minimum Gasteiger partial charge on any atom is -0.491 e. The van der Waals surface area contributed by atoms with Gasteiger partial charge in [-0.15, -0.1) is 0 Å². The molecule has 2 fully saturated rings.